The molecule has 0 aromatic carbocycles. The van der Waals surface area contributed by atoms with Gasteiger partial charge in [-0.15, -0.1) is 0 Å². The highest BCUT2D eigenvalue weighted by atomic mass is 35.5. The molecule has 0 saturated heterocycles. The first-order valence-corrected chi connectivity index (χ1v) is 7.26. The molecule has 5 nitrogen and oxygen atoms in total. The van der Waals surface area contributed by atoms with Gasteiger partial charge < -0.3 is 15.7 Å². The maximum Gasteiger partial charge on any atom is 0.233 e. The first kappa shape index (κ1) is 16.6. The van der Waals surface area contributed by atoms with Crippen LogP contribution in [0.25, 0.3) is 0 Å². The molecule has 0 aliphatic heterocycles. The largest absolute Gasteiger partial charge is 0.476 e. The van der Waals surface area contributed by atoms with Crippen LogP contribution in [0, 0.1) is 5.92 Å². The lowest BCUT2D eigenvalue weighted by atomic mass is 10.0. The molecule has 0 aliphatic rings. The number of ether oxygens (including phenoxy) is 1. The van der Waals surface area contributed by atoms with E-state index in [9.17, 15) is 0 Å². The number of nitrogens with zero attached hydrogens (tertiary/aromatic N) is 2. The van der Waals surface area contributed by atoms with Gasteiger partial charge in [0.05, 0.1) is 6.61 Å². The molecule has 1 heterocycles. The third kappa shape index (κ3) is 4.56. The lowest BCUT2D eigenvalue weighted by Gasteiger charge is -2.16. The summed E-state index contributed by atoms with van der Waals surface area (Å²) in [6.07, 6.45) is 6.07. The van der Waals surface area contributed by atoms with Gasteiger partial charge >= 0.3 is 0 Å². The van der Waals surface area contributed by atoms with Gasteiger partial charge in [0.2, 0.25) is 5.88 Å². The summed E-state index contributed by atoms with van der Waals surface area (Å²) < 4.78 is 5.69. The van der Waals surface area contributed by atoms with E-state index in [1.54, 1.807) is 6.07 Å². The molecule has 1 aromatic rings. The fourth-order valence-corrected chi connectivity index (χ4v) is 2.13. The average Bonchev–Trinajstić information content (AvgIpc) is 2.48. The van der Waals surface area contributed by atoms with Gasteiger partial charge in [-0.25, -0.2) is 4.98 Å². The first-order valence-electron chi connectivity index (χ1n) is 6.89. The molecule has 0 bridgehead atoms. The molecule has 0 radical (unpaired) electrons. The zero-order chi connectivity index (χ0) is 15.0. The Hall–Kier alpha value is -1.49. The highest BCUT2D eigenvalue weighted by Gasteiger charge is 2.14. The van der Waals surface area contributed by atoms with E-state index in [1.807, 2.05) is 0 Å². The molecule has 6 heteroatoms. The summed E-state index contributed by atoms with van der Waals surface area (Å²) in [7, 11) is 0. The van der Waals surface area contributed by atoms with Crippen LogP contribution in [-0.4, -0.2) is 22.6 Å². The van der Waals surface area contributed by atoms with Crippen LogP contribution in [0.4, 0.5) is 0 Å². The van der Waals surface area contributed by atoms with Gasteiger partial charge in [-0.3, -0.25) is 0 Å². The highest BCUT2D eigenvalue weighted by Crippen LogP contribution is 2.26. The number of pyridine rings is 1. The zero-order valence-corrected chi connectivity index (χ0v) is 12.7. The van der Waals surface area contributed by atoms with Gasteiger partial charge in [0.15, 0.2) is 5.84 Å². The van der Waals surface area contributed by atoms with E-state index in [2.05, 4.69) is 24.0 Å². The Morgan fingerprint density at radius 2 is 2.30 bits per heavy atom. The molecular weight excluding hydrogens is 278 g/mol. The number of rotatable bonds is 8. The van der Waals surface area contributed by atoms with Crippen molar-refractivity contribution in [3.8, 4) is 5.88 Å². The predicted molar refractivity (Wildman–Crippen MR) is 80.6 cm³/mol. The van der Waals surface area contributed by atoms with E-state index < -0.39 is 0 Å². The van der Waals surface area contributed by atoms with Crippen molar-refractivity contribution in [2.75, 3.05) is 6.61 Å². The van der Waals surface area contributed by atoms with Crippen molar-refractivity contribution in [1.82, 2.24) is 4.98 Å². The summed E-state index contributed by atoms with van der Waals surface area (Å²) in [6.45, 7) is 4.89. The molecule has 112 valence electrons. The summed E-state index contributed by atoms with van der Waals surface area (Å²) in [5, 5.41) is 11.9. The van der Waals surface area contributed by atoms with Crippen molar-refractivity contribution >= 4 is 17.4 Å². The number of oxime groups is 1. The third-order valence-electron chi connectivity index (χ3n) is 3.24. The van der Waals surface area contributed by atoms with Gasteiger partial charge in [-0.2, -0.15) is 0 Å². The predicted octanol–water partition coefficient (Wildman–Crippen LogP) is 3.42. The molecule has 1 unspecified atom stereocenters. The minimum Gasteiger partial charge on any atom is -0.476 e. The summed E-state index contributed by atoms with van der Waals surface area (Å²) in [5.74, 6) is 0.756. The van der Waals surface area contributed by atoms with Gasteiger partial charge in [0.1, 0.15) is 5.02 Å². The molecule has 0 amide bonds. The maximum atomic E-state index is 8.70. The highest BCUT2D eigenvalue weighted by molar-refractivity contribution is 6.35. The lowest BCUT2D eigenvalue weighted by Crippen LogP contribution is -2.16. The molecule has 0 aliphatic carbocycles. The van der Waals surface area contributed by atoms with E-state index >= 15 is 0 Å². The minimum absolute atomic E-state index is 0.0553. The first-order chi connectivity index (χ1) is 9.63. The number of unbranched alkanes of at least 4 members (excludes halogenated alkanes) is 1. The quantitative estimate of drug-likeness (QED) is 0.333. The number of nitrogens with two attached hydrogens (primary N) is 1. The van der Waals surface area contributed by atoms with Crippen LogP contribution in [0.15, 0.2) is 17.4 Å². The van der Waals surface area contributed by atoms with Gasteiger partial charge in [-0.05, 0) is 18.4 Å². The van der Waals surface area contributed by atoms with Crippen molar-refractivity contribution in [3.05, 3.63) is 22.8 Å². The second-order valence-corrected chi connectivity index (χ2v) is 5.07. The van der Waals surface area contributed by atoms with Crippen LogP contribution < -0.4 is 10.5 Å². The van der Waals surface area contributed by atoms with E-state index in [0.29, 0.717) is 24.0 Å². The zero-order valence-electron chi connectivity index (χ0n) is 12.0. The van der Waals surface area contributed by atoms with Crippen molar-refractivity contribution < 1.29 is 9.94 Å². The summed E-state index contributed by atoms with van der Waals surface area (Å²) in [6, 6.07) is 1.58. The summed E-state index contributed by atoms with van der Waals surface area (Å²) in [4.78, 5) is 4.10. The second-order valence-electron chi connectivity index (χ2n) is 4.69. The molecule has 1 atom stereocenters. The molecule has 0 saturated carbocycles. The Kier molecular flexibility index (Phi) is 7.15. The van der Waals surface area contributed by atoms with Crippen LogP contribution >= 0.6 is 11.6 Å². The molecular formula is C14H22ClN3O2. The van der Waals surface area contributed by atoms with E-state index in [0.717, 1.165) is 12.8 Å². The van der Waals surface area contributed by atoms with Gasteiger partial charge in [0, 0.05) is 11.8 Å². The fourth-order valence-electron chi connectivity index (χ4n) is 1.87. The van der Waals surface area contributed by atoms with Gasteiger partial charge in [-0.1, -0.05) is 49.9 Å². The topological polar surface area (TPSA) is 80.7 Å². The maximum absolute atomic E-state index is 8.70. The second kappa shape index (κ2) is 8.64. The number of hydrogen-bond acceptors (Lipinski definition) is 4. The van der Waals surface area contributed by atoms with Crippen LogP contribution in [0.2, 0.25) is 5.02 Å². The number of hydrogen-bond donors (Lipinski definition) is 2. The molecule has 3 N–H and O–H groups in total. The minimum atomic E-state index is -0.0553. The summed E-state index contributed by atoms with van der Waals surface area (Å²) in [5.41, 5.74) is 5.96. The van der Waals surface area contributed by atoms with Gasteiger partial charge in [0.25, 0.3) is 0 Å². The van der Waals surface area contributed by atoms with Crippen molar-refractivity contribution in [3.63, 3.8) is 0 Å². The molecule has 1 rings (SSSR count). The number of amidine groups is 1. The van der Waals surface area contributed by atoms with Crippen LogP contribution in [0.1, 0.15) is 45.1 Å². The van der Waals surface area contributed by atoms with E-state index in [-0.39, 0.29) is 10.9 Å². The fraction of sp³-hybridized carbons (Fsp3) is 0.571. The van der Waals surface area contributed by atoms with E-state index in [4.69, 9.17) is 27.3 Å². The Morgan fingerprint density at radius 3 is 2.90 bits per heavy atom. The Labute approximate surface area is 124 Å². The van der Waals surface area contributed by atoms with Crippen molar-refractivity contribution in [2.24, 2.45) is 16.8 Å². The molecule has 0 fully saturated rings. The van der Waals surface area contributed by atoms with Crippen LogP contribution in [0.3, 0.4) is 0 Å². The number of aromatic nitrogens is 1. The SMILES string of the molecule is CCCCC(CC)COc1nccc(/C(N)=N/O)c1Cl. The third-order valence-corrected chi connectivity index (χ3v) is 3.61. The smallest absolute Gasteiger partial charge is 0.233 e. The molecule has 0 spiro atoms. The molecule has 20 heavy (non-hydrogen) atoms. The average molecular weight is 300 g/mol. The Bertz CT molecular complexity index is 452. The van der Waals surface area contributed by atoms with Crippen LogP contribution in [0.5, 0.6) is 5.88 Å². The van der Waals surface area contributed by atoms with Crippen LogP contribution in [-0.2, 0) is 0 Å². The van der Waals surface area contributed by atoms with Crippen molar-refractivity contribution in [2.45, 2.75) is 39.5 Å². The molecule has 1 aromatic heterocycles. The normalized spacial score (nSPS) is 13.2. The summed E-state index contributed by atoms with van der Waals surface area (Å²) >= 11 is 6.15. The standard InChI is InChI=1S/C14H22ClN3O2/c1-3-5-6-10(4-2)9-20-14-12(15)11(7-8-17-14)13(16)18-19/h7-8,10,19H,3-6,9H2,1-2H3,(H2,16,18). The van der Waals surface area contributed by atoms with E-state index in [1.165, 1.54) is 19.0 Å². The number of halogens is 1. The Balaban J connectivity index is 2.73. The monoisotopic (exact) mass is 299 g/mol. The Morgan fingerprint density at radius 1 is 1.55 bits per heavy atom. The lowest BCUT2D eigenvalue weighted by molar-refractivity contribution is 0.226. The van der Waals surface area contributed by atoms with Crippen molar-refractivity contribution in [1.29, 1.82) is 0 Å².